The summed E-state index contributed by atoms with van der Waals surface area (Å²) in [6.45, 7) is 23.0. The highest BCUT2D eigenvalue weighted by atomic mass is 16.5. The molecule has 1 aliphatic carbocycles. The highest BCUT2D eigenvalue weighted by molar-refractivity contribution is 5.79. The number of benzene rings is 4. The number of aliphatic carboxylic acids is 4. The van der Waals surface area contributed by atoms with E-state index < -0.39 is 122 Å². The van der Waals surface area contributed by atoms with Gasteiger partial charge in [0, 0.05) is 51.9 Å². The molecule has 8 bridgehead atoms. The van der Waals surface area contributed by atoms with Crippen molar-refractivity contribution in [2.24, 2.45) is 0 Å². The van der Waals surface area contributed by atoms with Crippen LogP contribution in [-0.4, -0.2) is 173 Å². The lowest BCUT2D eigenvalue weighted by Gasteiger charge is -2.29. The number of nitrogens with one attached hydrogen (secondary N) is 4. The molecule has 0 heterocycles. The molecule has 0 aliphatic heterocycles. The predicted molar refractivity (Wildman–Crippen MR) is 358 cm³/mol. The molecule has 5 rings (SSSR count). The Balaban J connectivity index is 1.83. The topological polar surface area (TPSA) is 339 Å². The minimum Gasteiger partial charge on any atom is -0.493 e. The van der Waals surface area contributed by atoms with Crippen LogP contribution in [0.3, 0.4) is 0 Å². The van der Waals surface area contributed by atoms with E-state index in [1.807, 2.05) is 0 Å². The summed E-state index contributed by atoms with van der Waals surface area (Å²) < 4.78 is 48.4. The van der Waals surface area contributed by atoms with Gasteiger partial charge in [-0.05, 0) is 114 Å². The number of hydrogen-bond acceptors (Lipinski definition) is 16. The number of fused-ring (bicyclic) bond motifs is 8. The number of carbonyl (C=O) groups excluding carboxylic acids is 4. The Kier molecular flexibility index (Phi) is 30.0. The number of ether oxygens (including phenoxy) is 8. The van der Waals surface area contributed by atoms with Gasteiger partial charge in [0.25, 0.3) is 0 Å². The van der Waals surface area contributed by atoms with Crippen LogP contribution in [0.1, 0.15) is 176 Å². The molecule has 0 saturated heterocycles. The van der Waals surface area contributed by atoms with Gasteiger partial charge in [0.1, 0.15) is 75.9 Å². The van der Waals surface area contributed by atoms with Crippen LogP contribution in [-0.2, 0) is 105 Å². The molecular formula is C72H100N4O20. The van der Waals surface area contributed by atoms with Crippen molar-refractivity contribution >= 4 is 47.5 Å². The Morgan fingerprint density at radius 3 is 0.615 bits per heavy atom. The molecule has 0 spiro atoms. The SMILES string of the molecule is CC(C)(C)c1cc2c(OCCCNC(=O)COCC(=O)O)c(c1)Cc1cc(C(C)(C)C)cc(c1OCCCNC(=O)COCC(=O)O)Cc1cc(C(C)(C)C)cc(c1OCCCNC(=O)COCC(=O)O)Cc1cc(C(C)(C)C)cc(c1OCCCNC(=O)COCC(=O)O)C2. The van der Waals surface area contributed by atoms with Crippen molar-refractivity contribution < 1.29 is 96.7 Å². The monoisotopic (exact) mass is 1340 g/mol. The van der Waals surface area contributed by atoms with E-state index in [1.54, 1.807) is 0 Å². The Morgan fingerprint density at radius 2 is 0.469 bits per heavy atom. The zero-order valence-corrected chi connectivity index (χ0v) is 57.9. The lowest BCUT2D eigenvalue weighted by atomic mass is 9.79. The lowest BCUT2D eigenvalue weighted by molar-refractivity contribution is -0.145. The Morgan fingerprint density at radius 1 is 0.302 bits per heavy atom. The van der Waals surface area contributed by atoms with Crippen LogP contribution in [0.15, 0.2) is 48.5 Å². The van der Waals surface area contributed by atoms with Crippen LogP contribution in [0.5, 0.6) is 23.0 Å². The van der Waals surface area contributed by atoms with Crippen LogP contribution < -0.4 is 40.2 Å². The van der Waals surface area contributed by atoms with Gasteiger partial charge in [-0.25, -0.2) is 19.2 Å². The van der Waals surface area contributed by atoms with Gasteiger partial charge in [-0.15, -0.1) is 0 Å². The maximum absolute atomic E-state index is 12.7. The minimum absolute atomic E-state index is 0.152. The molecule has 24 heteroatoms. The van der Waals surface area contributed by atoms with E-state index in [-0.39, 0.29) is 52.6 Å². The molecule has 4 aromatic carbocycles. The molecule has 0 atom stereocenters. The first-order valence-corrected chi connectivity index (χ1v) is 32.5. The van der Waals surface area contributed by atoms with E-state index >= 15 is 0 Å². The molecule has 96 heavy (non-hydrogen) atoms. The smallest absolute Gasteiger partial charge is 0.329 e. The first kappa shape index (κ1) is 78.4. The normalized spacial score (nSPS) is 12.5. The Labute approximate surface area is 563 Å². The van der Waals surface area contributed by atoms with E-state index in [0.29, 0.717) is 74.4 Å². The first-order valence-electron chi connectivity index (χ1n) is 32.5. The fraction of sp³-hybridized carbons (Fsp3) is 0.556. The van der Waals surface area contributed by atoms with E-state index in [1.165, 1.54) is 0 Å². The van der Waals surface area contributed by atoms with E-state index in [9.17, 15) is 38.4 Å². The fourth-order valence-electron chi connectivity index (χ4n) is 10.4. The third-order valence-electron chi connectivity index (χ3n) is 15.4. The third kappa shape index (κ3) is 26.7. The molecule has 0 saturated carbocycles. The lowest BCUT2D eigenvalue weighted by Crippen LogP contribution is -2.30. The Hall–Kier alpha value is -8.32. The zero-order valence-electron chi connectivity index (χ0n) is 57.9. The first-order chi connectivity index (χ1) is 45.1. The average molecular weight is 1340 g/mol. The van der Waals surface area contributed by atoms with Gasteiger partial charge >= 0.3 is 23.9 Å². The van der Waals surface area contributed by atoms with Crippen molar-refractivity contribution in [2.45, 2.75) is 156 Å². The maximum Gasteiger partial charge on any atom is 0.329 e. The zero-order chi connectivity index (χ0) is 71.0. The van der Waals surface area contributed by atoms with Crippen LogP contribution in [0.4, 0.5) is 0 Å². The van der Waals surface area contributed by atoms with Crippen LogP contribution in [0, 0.1) is 0 Å². The standard InChI is InChI=1S/C72H100N4O20/c1-69(2,3)53-29-45-25-47-31-54(70(4,5)6)33-49(66(47)94-22-14-18-74-58(78)38-90-42-62(83)84)27-51-35-56(72(10,11)12)36-52(68(51)96-24-16-20-76-60(80)40-92-44-64(87)88)28-50-34-55(71(7,8)9)32-48(67(50)95-23-15-19-75-59(79)39-91-43-63(85)86)26-46(30-53)65(45)93-21-13-17-73-57(77)37-89-41-61(81)82/h29-36H,13-28,37-44H2,1-12H3,(H,73,77)(H,74,78)(H,75,79)(H,76,80)(H,81,82)(H,83,84)(H,85,86)(H,87,88). The quantitative estimate of drug-likeness (QED) is 0.0180. The number of carboxylic acids is 4. The van der Waals surface area contributed by atoms with E-state index in [4.69, 9.17) is 58.3 Å². The second-order valence-corrected chi connectivity index (χ2v) is 28.0. The summed E-state index contributed by atoms with van der Waals surface area (Å²) in [6.07, 6.45) is 2.62. The molecule has 1 aliphatic rings. The predicted octanol–water partition coefficient (Wildman–Crippen LogP) is 7.50. The molecule has 24 nitrogen and oxygen atoms in total. The second kappa shape index (κ2) is 36.7. The molecular weight excluding hydrogens is 1240 g/mol. The molecule has 0 aromatic heterocycles. The third-order valence-corrected chi connectivity index (χ3v) is 15.4. The Bertz CT molecular complexity index is 2820. The average Bonchev–Trinajstić information content (AvgIpc) is 0.760. The van der Waals surface area contributed by atoms with Gasteiger partial charge in [-0.1, -0.05) is 132 Å². The maximum atomic E-state index is 12.7. The molecule has 4 aromatic rings. The summed E-state index contributed by atoms with van der Waals surface area (Å²) in [5.41, 5.74) is 9.17. The van der Waals surface area contributed by atoms with Crippen molar-refractivity contribution in [1.82, 2.24) is 21.3 Å². The number of amides is 4. The van der Waals surface area contributed by atoms with Crippen molar-refractivity contribution in [3.8, 4) is 23.0 Å². The molecule has 4 amide bonds. The van der Waals surface area contributed by atoms with Gasteiger partial charge in [-0.3, -0.25) is 19.2 Å². The van der Waals surface area contributed by atoms with Crippen molar-refractivity contribution in [1.29, 1.82) is 0 Å². The van der Waals surface area contributed by atoms with E-state index in [0.717, 1.165) is 66.8 Å². The highest BCUT2D eigenvalue weighted by Crippen LogP contribution is 2.45. The summed E-state index contributed by atoms with van der Waals surface area (Å²) in [5.74, 6) is -4.28. The highest BCUT2D eigenvalue weighted by Gasteiger charge is 2.30. The molecule has 8 N–H and O–H groups in total. The number of rotatable bonds is 36. The van der Waals surface area contributed by atoms with Crippen molar-refractivity contribution in [3.63, 3.8) is 0 Å². The molecule has 0 fully saturated rings. The van der Waals surface area contributed by atoms with Gasteiger partial charge in [0.2, 0.25) is 23.6 Å². The van der Waals surface area contributed by atoms with Crippen LogP contribution in [0.25, 0.3) is 0 Å². The van der Waals surface area contributed by atoms with Crippen LogP contribution in [0.2, 0.25) is 0 Å². The van der Waals surface area contributed by atoms with Gasteiger partial charge in [-0.2, -0.15) is 0 Å². The number of carbonyl (C=O) groups is 8. The van der Waals surface area contributed by atoms with E-state index in [2.05, 4.69) is 153 Å². The van der Waals surface area contributed by atoms with Crippen molar-refractivity contribution in [3.05, 3.63) is 115 Å². The summed E-state index contributed by atoms with van der Waals surface area (Å²) in [4.78, 5) is 95.3. The van der Waals surface area contributed by atoms with Gasteiger partial charge < -0.3 is 79.6 Å². The molecule has 528 valence electrons. The number of carboxylic acid groups (broad SMARTS) is 4. The van der Waals surface area contributed by atoms with Gasteiger partial charge in [0.15, 0.2) is 0 Å². The minimum atomic E-state index is -1.19. The molecule has 0 radical (unpaired) electrons. The summed E-state index contributed by atoms with van der Waals surface area (Å²) >= 11 is 0. The summed E-state index contributed by atoms with van der Waals surface area (Å²) in [6, 6.07) is 17.4. The fourth-order valence-corrected chi connectivity index (χ4v) is 10.4. The van der Waals surface area contributed by atoms with Gasteiger partial charge in [0.05, 0.1) is 26.4 Å². The second-order valence-electron chi connectivity index (χ2n) is 28.0. The largest absolute Gasteiger partial charge is 0.493 e. The van der Waals surface area contributed by atoms with Crippen LogP contribution >= 0.6 is 0 Å². The summed E-state index contributed by atoms with van der Waals surface area (Å²) in [5, 5.41) is 47.4. The van der Waals surface area contributed by atoms with Crippen molar-refractivity contribution in [2.75, 3.05) is 105 Å². The molecule has 0 unspecified atom stereocenters. The number of hydrogen-bond donors (Lipinski definition) is 8. The summed E-state index contributed by atoms with van der Waals surface area (Å²) in [7, 11) is 0.